The van der Waals surface area contributed by atoms with Crippen LogP contribution in [0.15, 0.2) is 54.6 Å². The summed E-state index contributed by atoms with van der Waals surface area (Å²) in [7, 11) is -3.46. The van der Waals surface area contributed by atoms with E-state index in [0.29, 0.717) is 12.1 Å². The summed E-state index contributed by atoms with van der Waals surface area (Å²) in [4.78, 5) is 2.37. The number of likely N-dealkylation sites (tertiary alicyclic amines) is 1. The topological polar surface area (TPSA) is 49.4 Å². The molecule has 2 aromatic rings. The van der Waals surface area contributed by atoms with Gasteiger partial charge in [-0.15, -0.1) is 0 Å². The predicted octanol–water partition coefficient (Wildman–Crippen LogP) is 2.95. The second-order valence-electron chi connectivity index (χ2n) is 6.82. The third-order valence-corrected chi connectivity index (χ3v) is 6.10. The first-order valence-electron chi connectivity index (χ1n) is 9.01. The second kappa shape index (κ2) is 8.75. The van der Waals surface area contributed by atoms with Gasteiger partial charge in [0.1, 0.15) is 5.82 Å². The van der Waals surface area contributed by atoms with Crippen molar-refractivity contribution in [1.82, 2.24) is 9.62 Å². The predicted molar refractivity (Wildman–Crippen MR) is 102 cm³/mol. The molecule has 1 atom stereocenters. The van der Waals surface area contributed by atoms with E-state index < -0.39 is 10.0 Å². The Balaban J connectivity index is 1.63. The van der Waals surface area contributed by atoms with Crippen molar-refractivity contribution in [1.29, 1.82) is 0 Å². The SMILES string of the molecule is O=S(=O)(Cc1ccc(F)cc1)NCC(Cc1ccccc1)N1CCCC1. The van der Waals surface area contributed by atoms with Crippen LogP contribution in [0.1, 0.15) is 24.0 Å². The van der Waals surface area contributed by atoms with Gasteiger partial charge < -0.3 is 0 Å². The number of benzene rings is 2. The lowest BCUT2D eigenvalue weighted by Crippen LogP contribution is -2.44. The zero-order valence-electron chi connectivity index (χ0n) is 14.8. The van der Waals surface area contributed by atoms with Gasteiger partial charge in [-0.25, -0.2) is 17.5 Å². The maximum atomic E-state index is 13.0. The molecule has 0 aromatic heterocycles. The zero-order valence-corrected chi connectivity index (χ0v) is 15.6. The van der Waals surface area contributed by atoms with E-state index in [-0.39, 0.29) is 17.6 Å². The van der Waals surface area contributed by atoms with Crippen molar-refractivity contribution in [3.8, 4) is 0 Å². The number of nitrogens with zero attached hydrogens (tertiary/aromatic N) is 1. The van der Waals surface area contributed by atoms with Gasteiger partial charge in [0.2, 0.25) is 10.0 Å². The largest absolute Gasteiger partial charge is 0.299 e. The monoisotopic (exact) mass is 376 g/mol. The standard InChI is InChI=1S/C20H25FN2O2S/c21-19-10-8-18(9-11-19)16-26(24,25)22-15-20(23-12-4-5-13-23)14-17-6-2-1-3-7-17/h1-3,6-11,20,22H,4-5,12-16H2. The van der Waals surface area contributed by atoms with Crippen molar-refractivity contribution in [2.75, 3.05) is 19.6 Å². The Morgan fingerprint density at radius 3 is 2.27 bits per heavy atom. The van der Waals surface area contributed by atoms with Gasteiger partial charge in [0, 0.05) is 12.6 Å². The Morgan fingerprint density at radius 2 is 1.62 bits per heavy atom. The number of halogens is 1. The van der Waals surface area contributed by atoms with Crippen LogP contribution in [0, 0.1) is 5.82 Å². The summed E-state index contributed by atoms with van der Waals surface area (Å²) in [6.07, 6.45) is 3.14. The van der Waals surface area contributed by atoms with Crippen LogP contribution in [0.5, 0.6) is 0 Å². The molecule has 0 aliphatic carbocycles. The molecule has 4 nitrogen and oxygen atoms in total. The molecular weight excluding hydrogens is 351 g/mol. The molecule has 1 aliphatic rings. The molecule has 1 aliphatic heterocycles. The molecular formula is C20H25FN2O2S. The number of nitrogens with one attached hydrogen (secondary N) is 1. The van der Waals surface area contributed by atoms with Crippen LogP contribution in [0.4, 0.5) is 4.39 Å². The number of hydrogen-bond donors (Lipinski definition) is 1. The fourth-order valence-electron chi connectivity index (χ4n) is 3.40. The fourth-order valence-corrected chi connectivity index (χ4v) is 4.58. The van der Waals surface area contributed by atoms with E-state index in [1.54, 1.807) is 0 Å². The van der Waals surface area contributed by atoms with Gasteiger partial charge in [-0.05, 0) is 55.6 Å². The van der Waals surface area contributed by atoms with E-state index in [1.807, 2.05) is 18.2 Å². The highest BCUT2D eigenvalue weighted by atomic mass is 32.2. The molecule has 1 N–H and O–H groups in total. The molecule has 0 saturated carbocycles. The first-order chi connectivity index (χ1) is 12.5. The summed E-state index contributed by atoms with van der Waals surface area (Å²) in [5.41, 5.74) is 1.79. The van der Waals surface area contributed by atoms with Gasteiger partial charge >= 0.3 is 0 Å². The highest BCUT2D eigenvalue weighted by molar-refractivity contribution is 7.88. The van der Waals surface area contributed by atoms with Crippen molar-refractivity contribution in [2.45, 2.75) is 31.1 Å². The van der Waals surface area contributed by atoms with E-state index in [1.165, 1.54) is 29.8 Å². The smallest absolute Gasteiger partial charge is 0.215 e. The van der Waals surface area contributed by atoms with Crippen LogP contribution in [-0.2, 0) is 22.2 Å². The van der Waals surface area contributed by atoms with Crippen molar-refractivity contribution in [3.63, 3.8) is 0 Å². The molecule has 6 heteroatoms. The molecule has 0 spiro atoms. The van der Waals surface area contributed by atoms with Crippen LogP contribution in [0.2, 0.25) is 0 Å². The van der Waals surface area contributed by atoms with Gasteiger partial charge in [-0.3, -0.25) is 4.90 Å². The highest BCUT2D eigenvalue weighted by Gasteiger charge is 2.24. The number of rotatable bonds is 8. The Hall–Kier alpha value is -1.76. The van der Waals surface area contributed by atoms with Gasteiger partial charge in [0.25, 0.3) is 0 Å². The number of sulfonamides is 1. The summed E-state index contributed by atoms with van der Waals surface area (Å²) < 4.78 is 40.6. The molecule has 1 unspecified atom stereocenters. The first kappa shape index (κ1) is 19.0. The molecule has 3 rings (SSSR count). The Labute approximate surface area is 155 Å². The van der Waals surface area contributed by atoms with Crippen molar-refractivity contribution in [2.24, 2.45) is 0 Å². The van der Waals surface area contributed by atoms with E-state index in [4.69, 9.17) is 0 Å². The Bertz CT molecular complexity index is 788. The normalized spacial score (nSPS) is 16.7. The van der Waals surface area contributed by atoms with Crippen LogP contribution < -0.4 is 4.72 Å². The molecule has 26 heavy (non-hydrogen) atoms. The van der Waals surface area contributed by atoms with Crippen LogP contribution >= 0.6 is 0 Å². The van der Waals surface area contributed by atoms with Crippen LogP contribution in [0.25, 0.3) is 0 Å². The van der Waals surface area contributed by atoms with E-state index >= 15 is 0 Å². The molecule has 0 amide bonds. The van der Waals surface area contributed by atoms with Gasteiger partial charge in [0.15, 0.2) is 0 Å². The van der Waals surface area contributed by atoms with Crippen molar-refractivity contribution < 1.29 is 12.8 Å². The lowest BCUT2D eigenvalue weighted by Gasteiger charge is -2.28. The lowest BCUT2D eigenvalue weighted by atomic mass is 10.1. The van der Waals surface area contributed by atoms with E-state index in [9.17, 15) is 12.8 Å². The highest BCUT2D eigenvalue weighted by Crippen LogP contribution is 2.16. The third-order valence-electron chi connectivity index (χ3n) is 4.78. The Kier molecular flexibility index (Phi) is 6.40. The summed E-state index contributed by atoms with van der Waals surface area (Å²) >= 11 is 0. The zero-order chi connectivity index (χ0) is 18.4. The van der Waals surface area contributed by atoms with Crippen molar-refractivity contribution >= 4 is 10.0 Å². The minimum absolute atomic E-state index is 0.134. The molecule has 0 bridgehead atoms. The lowest BCUT2D eigenvalue weighted by molar-refractivity contribution is 0.241. The quantitative estimate of drug-likeness (QED) is 0.771. The van der Waals surface area contributed by atoms with Gasteiger partial charge in [-0.1, -0.05) is 42.5 Å². The van der Waals surface area contributed by atoms with Crippen molar-refractivity contribution in [3.05, 3.63) is 71.5 Å². The minimum atomic E-state index is -3.46. The molecule has 2 aromatic carbocycles. The third kappa shape index (κ3) is 5.62. The number of hydrogen-bond acceptors (Lipinski definition) is 3. The summed E-state index contributed by atoms with van der Waals surface area (Å²) in [6.45, 7) is 2.41. The fraction of sp³-hybridized carbons (Fsp3) is 0.400. The van der Waals surface area contributed by atoms with Gasteiger partial charge in [-0.2, -0.15) is 0 Å². The first-order valence-corrected chi connectivity index (χ1v) is 10.7. The summed E-state index contributed by atoms with van der Waals surface area (Å²) in [5.74, 6) is -0.498. The second-order valence-corrected chi connectivity index (χ2v) is 8.63. The van der Waals surface area contributed by atoms with Gasteiger partial charge in [0.05, 0.1) is 5.75 Å². The Morgan fingerprint density at radius 1 is 0.962 bits per heavy atom. The molecule has 1 saturated heterocycles. The van der Waals surface area contributed by atoms with E-state index in [2.05, 4.69) is 21.8 Å². The maximum Gasteiger partial charge on any atom is 0.215 e. The molecule has 140 valence electrons. The molecule has 1 fully saturated rings. The minimum Gasteiger partial charge on any atom is -0.299 e. The van der Waals surface area contributed by atoms with Crippen LogP contribution in [0.3, 0.4) is 0 Å². The van der Waals surface area contributed by atoms with E-state index in [0.717, 1.165) is 32.4 Å². The average molecular weight is 376 g/mol. The van der Waals surface area contributed by atoms with Crippen LogP contribution in [-0.4, -0.2) is 39.0 Å². The summed E-state index contributed by atoms with van der Waals surface area (Å²) in [5, 5.41) is 0. The average Bonchev–Trinajstić information content (AvgIpc) is 3.16. The summed E-state index contributed by atoms with van der Waals surface area (Å²) in [6, 6.07) is 15.9. The molecule has 0 radical (unpaired) electrons. The molecule has 1 heterocycles. The maximum absolute atomic E-state index is 13.0.